The Hall–Kier alpha value is -2.43. The van der Waals surface area contributed by atoms with Crippen LogP contribution in [0.1, 0.15) is 34.1 Å². The predicted molar refractivity (Wildman–Crippen MR) is 86.4 cm³/mol. The van der Waals surface area contributed by atoms with Crippen molar-refractivity contribution in [2.75, 3.05) is 19.5 Å². The summed E-state index contributed by atoms with van der Waals surface area (Å²) in [6.07, 6.45) is 1.89. The molecule has 0 fully saturated rings. The summed E-state index contributed by atoms with van der Waals surface area (Å²) in [6, 6.07) is 5.87. The van der Waals surface area contributed by atoms with E-state index in [1.165, 1.54) is 0 Å². The van der Waals surface area contributed by atoms with E-state index in [1.807, 2.05) is 42.8 Å². The number of rotatable bonds is 5. The highest BCUT2D eigenvalue weighted by molar-refractivity contribution is 5.91. The molecule has 2 rings (SSSR count). The molecule has 0 saturated carbocycles. The average molecular weight is 302 g/mol. The van der Waals surface area contributed by atoms with Crippen molar-refractivity contribution in [2.24, 2.45) is 0 Å². The van der Waals surface area contributed by atoms with Crippen LogP contribution in [0, 0.1) is 13.8 Å². The van der Waals surface area contributed by atoms with Crippen LogP contribution < -0.4 is 10.5 Å². The summed E-state index contributed by atoms with van der Waals surface area (Å²) in [5.74, 6) is 0.173. The average Bonchev–Trinajstić information content (AvgIpc) is 2.73. The first-order valence-electron chi connectivity index (χ1n) is 7.23. The van der Waals surface area contributed by atoms with Crippen molar-refractivity contribution in [3.63, 3.8) is 0 Å². The van der Waals surface area contributed by atoms with Gasteiger partial charge in [0, 0.05) is 24.0 Å². The Bertz CT molecular complexity index is 669. The van der Waals surface area contributed by atoms with Gasteiger partial charge in [-0.3, -0.25) is 0 Å². The van der Waals surface area contributed by atoms with Crippen LogP contribution in [-0.2, 0) is 11.3 Å². The van der Waals surface area contributed by atoms with Crippen LogP contribution >= 0.6 is 0 Å². The van der Waals surface area contributed by atoms with Gasteiger partial charge in [0.15, 0.2) is 11.4 Å². The van der Waals surface area contributed by atoms with Gasteiger partial charge in [0.1, 0.15) is 0 Å². The molecule has 5 heteroatoms. The van der Waals surface area contributed by atoms with E-state index in [1.54, 1.807) is 14.0 Å². The fourth-order valence-electron chi connectivity index (χ4n) is 2.65. The number of nitrogens with two attached hydrogens (primary N) is 1. The number of ether oxygens (including phenoxy) is 2. The number of hydrogen-bond acceptors (Lipinski definition) is 4. The molecule has 2 N–H and O–H groups in total. The summed E-state index contributed by atoms with van der Waals surface area (Å²) in [4.78, 5) is 12.2. The smallest absolute Gasteiger partial charge is 0.358 e. The Morgan fingerprint density at radius 1 is 1.27 bits per heavy atom. The number of methoxy groups -OCH3 is 1. The highest BCUT2D eigenvalue weighted by Crippen LogP contribution is 2.27. The summed E-state index contributed by atoms with van der Waals surface area (Å²) >= 11 is 0. The number of aryl methyl sites for hydroxylation is 2. The lowest BCUT2D eigenvalue weighted by Gasteiger charge is -2.11. The van der Waals surface area contributed by atoms with E-state index in [0.717, 1.165) is 16.7 Å². The van der Waals surface area contributed by atoms with Crippen LogP contribution in [0.25, 0.3) is 0 Å². The van der Waals surface area contributed by atoms with Crippen LogP contribution in [0.3, 0.4) is 0 Å². The maximum Gasteiger partial charge on any atom is 0.358 e. The Balaban J connectivity index is 2.44. The number of nitrogens with zero attached hydrogens (tertiary/aromatic N) is 1. The molecule has 0 radical (unpaired) electrons. The van der Waals surface area contributed by atoms with Crippen molar-refractivity contribution >= 4 is 11.7 Å². The van der Waals surface area contributed by atoms with Gasteiger partial charge in [-0.25, -0.2) is 4.79 Å². The zero-order valence-electron chi connectivity index (χ0n) is 13.5. The second kappa shape index (κ2) is 6.56. The number of carbonyl (C=O) groups is 1. The molecule has 1 heterocycles. The van der Waals surface area contributed by atoms with Gasteiger partial charge in [0.25, 0.3) is 0 Å². The van der Waals surface area contributed by atoms with E-state index in [0.29, 0.717) is 30.3 Å². The van der Waals surface area contributed by atoms with Gasteiger partial charge in [-0.2, -0.15) is 0 Å². The van der Waals surface area contributed by atoms with E-state index in [9.17, 15) is 4.79 Å². The van der Waals surface area contributed by atoms with Crippen LogP contribution in [0.5, 0.6) is 5.75 Å². The fourth-order valence-corrected chi connectivity index (χ4v) is 2.65. The fraction of sp³-hybridized carbons (Fsp3) is 0.353. The van der Waals surface area contributed by atoms with E-state index >= 15 is 0 Å². The maximum absolute atomic E-state index is 12.2. The van der Waals surface area contributed by atoms with Crippen molar-refractivity contribution in [1.82, 2.24) is 4.57 Å². The van der Waals surface area contributed by atoms with Crippen molar-refractivity contribution in [1.29, 1.82) is 0 Å². The molecule has 0 amide bonds. The third kappa shape index (κ3) is 3.24. The van der Waals surface area contributed by atoms with Crippen molar-refractivity contribution in [3.05, 3.63) is 46.8 Å². The SMILES string of the molecule is CCOC(=O)c1c(OC)c(C)cn1Cc1cc(C)cc(N)c1. The third-order valence-electron chi connectivity index (χ3n) is 3.40. The van der Waals surface area contributed by atoms with Gasteiger partial charge in [0.2, 0.25) is 0 Å². The molecule has 0 aliphatic carbocycles. The third-order valence-corrected chi connectivity index (χ3v) is 3.40. The number of anilines is 1. The molecule has 1 aromatic carbocycles. The number of aromatic nitrogens is 1. The van der Waals surface area contributed by atoms with Crippen LogP contribution in [0.4, 0.5) is 5.69 Å². The van der Waals surface area contributed by atoms with Gasteiger partial charge < -0.3 is 19.8 Å². The molecule has 0 bridgehead atoms. The Labute approximate surface area is 130 Å². The first-order valence-corrected chi connectivity index (χ1v) is 7.23. The maximum atomic E-state index is 12.2. The predicted octanol–water partition coefficient (Wildman–Crippen LogP) is 2.92. The lowest BCUT2D eigenvalue weighted by Crippen LogP contribution is -2.13. The molecule has 0 spiro atoms. The summed E-state index contributed by atoms with van der Waals surface area (Å²) in [6.45, 7) is 6.54. The van der Waals surface area contributed by atoms with Gasteiger partial charge in [-0.15, -0.1) is 0 Å². The molecule has 5 nitrogen and oxygen atoms in total. The minimum atomic E-state index is -0.381. The van der Waals surface area contributed by atoms with Crippen LogP contribution in [0.2, 0.25) is 0 Å². The highest BCUT2D eigenvalue weighted by Gasteiger charge is 2.22. The summed E-state index contributed by atoms with van der Waals surface area (Å²) < 4.78 is 12.4. The molecule has 0 aliphatic heterocycles. The molecule has 0 unspecified atom stereocenters. The van der Waals surface area contributed by atoms with E-state index in [-0.39, 0.29) is 5.97 Å². The number of hydrogen-bond donors (Lipinski definition) is 1. The zero-order chi connectivity index (χ0) is 16.3. The van der Waals surface area contributed by atoms with Gasteiger partial charge in [-0.1, -0.05) is 6.07 Å². The minimum absolute atomic E-state index is 0.323. The molecule has 0 saturated heterocycles. The summed E-state index contributed by atoms with van der Waals surface area (Å²) in [5.41, 5.74) is 10.0. The second-order valence-electron chi connectivity index (χ2n) is 5.29. The molecule has 0 atom stereocenters. The number of nitrogen functional groups attached to an aromatic ring is 1. The van der Waals surface area contributed by atoms with Crippen molar-refractivity contribution < 1.29 is 14.3 Å². The Kier molecular flexibility index (Phi) is 4.75. The standard InChI is InChI=1S/C17H22N2O3/c1-5-22-17(20)15-16(21-4)12(3)9-19(15)10-13-6-11(2)7-14(18)8-13/h6-9H,5,10,18H2,1-4H3. The largest absolute Gasteiger partial charge is 0.494 e. The first kappa shape index (κ1) is 15.9. The van der Waals surface area contributed by atoms with Crippen molar-refractivity contribution in [3.8, 4) is 5.75 Å². The molecule has 0 aliphatic rings. The number of carbonyl (C=O) groups excluding carboxylic acids is 1. The Morgan fingerprint density at radius 2 is 2.00 bits per heavy atom. The normalized spacial score (nSPS) is 10.5. The topological polar surface area (TPSA) is 66.5 Å². The van der Waals surface area contributed by atoms with E-state index in [4.69, 9.17) is 15.2 Å². The molecule has 2 aromatic rings. The van der Waals surface area contributed by atoms with Gasteiger partial charge >= 0.3 is 5.97 Å². The zero-order valence-corrected chi connectivity index (χ0v) is 13.5. The quantitative estimate of drug-likeness (QED) is 0.681. The summed E-state index contributed by atoms with van der Waals surface area (Å²) in [7, 11) is 1.56. The first-order chi connectivity index (χ1) is 10.5. The molecule has 22 heavy (non-hydrogen) atoms. The summed E-state index contributed by atoms with van der Waals surface area (Å²) in [5, 5.41) is 0. The molecule has 118 valence electrons. The Morgan fingerprint density at radius 3 is 2.59 bits per heavy atom. The minimum Gasteiger partial charge on any atom is -0.494 e. The second-order valence-corrected chi connectivity index (χ2v) is 5.29. The van der Waals surface area contributed by atoms with Crippen LogP contribution in [-0.4, -0.2) is 24.3 Å². The van der Waals surface area contributed by atoms with E-state index in [2.05, 4.69) is 0 Å². The van der Waals surface area contributed by atoms with Gasteiger partial charge in [0.05, 0.1) is 13.7 Å². The van der Waals surface area contributed by atoms with Crippen molar-refractivity contribution in [2.45, 2.75) is 27.3 Å². The molecular weight excluding hydrogens is 280 g/mol. The lowest BCUT2D eigenvalue weighted by molar-refractivity contribution is 0.0510. The number of esters is 1. The molecule has 1 aromatic heterocycles. The van der Waals surface area contributed by atoms with E-state index < -0.39 is 0 Å². The number of benzene rings is 1. The van der Waals surface area contributed by atoms with Gasteiger partial charge in [-0.05, 0) is 44.0 Å². The molecular formula is C17H22N2O3. The van der Waals surface area contributed by atoms with Crippen LogP contribution in [0.15, 0.2) is 24.4 Å². The lowest BCUT2D eigenvalue weighted by atomic mass is 10.1. The highest BCUT2D eigenvalue weighted by atomic mass is 16.5. The monoisotopic (exact) mass is 302 g/mol.